The first-order valence-corrected chi connectivity index (χ1v) is 4.14. The molecule has 5 heteroatoms. The fourth-order valence-corrected chi connectivity index (χ4v) is 1.40. The predicted molar refractivity (Wildman–Crippen MR) is 46.1 cm³/mol. The average Bonchev–Trinajstić information content (AvgIpc) is 1.80. The van der Waals surface area contributed by atoms with E-state index in [0.717, 1.165) is 12.8 Å². The Morgan fingerprint density at radius 3 is 2.00 bits per heavy atom. The van der Waals surface area contributed by atoms with Gasteiger partial charge in [0.1, 0.15) is 0 Å². The van der Waals surface area contributed by atoms with Crippen LogP contribution < -0.4 is 11.5 Å². The van der Waals surface area contributed by atoms with Crippen molar-refractivity contribution in [3.63, 3.8) is 0 Å². The molecule has 0 rings (SSSR count). The van der Waals surface area contributed by atoms with Crippen molar-refractivity contribution in [3.8, 4) is 0 Å². The van der Waals surface area contributed by atoms with Crippen molar-refractivity contribution in [2.75, 3.05) is 6.54 Å². The number of halogens is 2. The summed E-state index contributed by atoms with van der Waals surface area (Å²) in [5, 5.41) is 0. The summed E-state index contributed by atoms with van der Waals surface area (Å²) >= 11 is 11.3. The van der Waals surface area contributed by atoms with Gasteiger partial charge in [-0.25, -0.2) is 0 Å². The van der Waals surface area contributed by atoms with Crippen LogP contribution in [0.2, 0.25) is 0 Å². The Hall–Kier alpha value is 1.19. The molecule has 1 atom stereocenters. The first-order chi connectivity index (χ1) is 4.52. The van der Waals surface area contributed by atoms with Gasteiger partial charge in [-0.2, -0.15) is 0 Å². The molecular formula is C6H14Cl2N2Pt+2. The van der Waals surface area contributed by atoms with Crippen LogP contribution in [0.1, 0.15) is 19.8 Å². The molecule has 4 N–H and O–H groups in total. The Labute approximate surface area is 92.2 Å². The third kappa shape index (κ3) is 6.36. The van der Waals surface area contributed by atoms with Gasteiger partial charge in [0.25, 0.3) is 0 Å². The van der Waals surface area contributed by atoms with E-state index in [4.69, 9.17) is 34.7 Å². The monoisotopic (exact) mass is 379 g/mol. The molecular weight excluding hydrogens is 366 g/mol. The van der Waals surface area contributed by atoms with E-state index in [1.54, 1.807) is 0 Å². The number of alkyl halides is 2. The Morgan fingerprint density at radius 1 is 1.45 bits per heavy atom. The largest absolute Gasteiger partial charge is 2.00 e. The van der Waals surface area contributed by atoms with Crippen molar-refractivity contribution < 1.29 is 21.1 Å². The van der Waals surface area contributed by atoms with E-state index in [-0.39, 0.29) is 27.0 Å². The summed E-state index contributed by atoms with van der Waals surface area (Å²) in [6, 6.07) is 0. The van der Waals surface area contributed by atoms with Gasteiger partial charge in [-0.05, 0) is 19.4 Å². The molecule has 0 aliphatic carbocycles. The van der Waals surface area contributed by atoms with Crippen LogP contribution >= 0.6 is 23.2 Å². The van der Waals surface area contributed by atoms with Crippen molar-refractivity contribution >= 4 is 23.2 Å². The van der Waals surface area contributed by atoms with Crippen LogP contribution in [0.15, 0.2) is 0 Å². The third-order valence-corrected chi connectivity index (χ3v) is 2.17. The van der Waals surface area contributed by atoms with Gasteiger partial charge in [0.15, 0.2) is 4.46 Å². The Balaban J connectivity index is 0. The van der Waals surface area contributed by atoms with Crippen LogP contribution in [0.3, 0.4) is 0 Å². The molecule has 0 aromatic rings. The molecule has 0 aromatic carbocycles. The fraction of sp³-hybridized carbons (Fsp3) is 1.00. The molecule has 11 heavy (non-hydrogen) atoms. The van der Waals surface area contributed by atoms with E-state index < -0.39 is 4.46 Å². The SMILES string of the molecule is CCC(CCN)C(N)(Cl)Cl.[Pt+2]. The van der Waals surface area contributed by atoms with Crippen LogP contribution in [-0.4, -0.2) is 11.0 Å². The number of rotatable bonds is 4. The van der Waals surface area contributed by atoms with E-state index in [2.05, 4.69) is 0 Å². The van der Waals surface area contributed by atoms with Crippen LogP contribution in [-0.2, 0) is 21.1 Å². The summed E-state index contributed by atoms with van der Waals surface area (Å²) in [6.45, 7) is 2.57. The number of hydrogen-bond acceptors (Lipinski definition) is 2. The molecule has 0 spiro atoms. The van der Waals surface area contributed by atoms with Crippen LogP contribution in [0.4, 0.5) is 0 Å². The Bertz CT molecular complexity index is 95.1. The average molecular weight is 380 g/mol. The van der Waals surface area contributed by atoms with E-state index >= 15 is 0 Å². The summed E-state index contributed by atoms with van der Waals surface area (Å²) in [5.74, 6) is 0.0980. The molecule has 0 aliphatic heterocycles. The third-order valence-electron chi connectivity index (χ3n) is 1.55. The van der Waals surface area contributed by atoms with Crippen LogP contribution in [0.5, 0.6) is 0 Å². The maximum Gasteiger partial charge on any atom is 2.00 e. The molecule has 0 aromatic heterocycles. The molecule has 0 bridgehead atoms. The second-order valence-electron chi connectivity index (χ2n) is 2.36. The first kappa shape index (κ1) is 14.7. The van der Waals surface area contributed by atoms with Crippen LogP contribution in [0, 0.1) is 5.92 Å². The molecule has 2 nitrogen and oxygen atoms in total. The number of nitrogens with two attached hydrogens (primary N) is 2. The summed E-state index contributed by atoms with van der Waals surface area (Å²) in [7, 11) is 0. The van der Waals surface area contributed by atoms with Gasteiger partial charge in [0.05, 0.1) is 0 Å². The maximum absolute atomic E-state index is 5.67. The summed E-state index contributed by atoms with van der Waals surface area (Å²) < 4.78 is -1.12. The second kappa shape index (κ2) is 6.68. The van der Waals surface area contributed by atoms with E-state index in [1.165, 1.54) is 0 Å². The van der Waals surface area contributed by atoms with Gasteiger partial charge >= 0.3 is 21.1 Å². The fourth-order valence-electron chi connectivity index (χ4n) is 0.870. The molecule has 0 heterocycles. The van der Waals surface area contributed by atoms with Crippen molar-refractivity contribution in [3.05, 3.63) is 0 Å². The van der Waals surface area contributed by atoms with Gasteiger partial charge in [-0.3, -0.25) is 5.73 Å². The summed E-state index contributed by atoms with van der Waals surface area (Å²) in [4.78, 5) is 0. The zero-order valence-electron chi connectivity index (χ0n) is 6.43. The molecule has 0 saturated heterocycles. The Kier molecular flexibility index (Phi) is 8.92. The van der Waals surface area contributed by atoms with E-state index in [9.17, 15) is 0 Å². The molecule has 70 valence electrons. The van der Waals surface area contributed by atoms with Crippen molar-refractivity contribution in [2.24, 2.45) is 17.4 Å². The minimum atomic E-state index is -1.12. The zero-order chi connectivity index (χ0) is 8.20. The Morgan fingerprint density at radius 2 is 1.91 bits per heavy atom. The van der Waals surface area contributed by atoms with Gasteiger partial charge in [0.2, 0.25) is 0 Å². The minimum absolute atomic E-state index is 0. The predicted octanol–water partition coefficient (Wildman–Crippen LogP) is 1.45. The maximum atomic E-state index is 5.67. The molecule has 0 aliphatic rings. The normalized spacial score (nSPS) is 13.9. The quantitative estimate of drug-likeness (QED) is 0.573. The molecule has 0 radical (unpaired) electrons. The standard InChI is InChI=1S/C6H14Cl2N2.Pt/c1-2-5(3-4-9)6(7,8)10;/h5H,2-4,9-10H2,1H3;/q;+2. The zero-order valence-corrected chi connectivity index (χ0v) is 10.2. The summed E-state index contributed by atoms with van der Waals surface area (Å²) in [5.41, 5.74) is 10.8. The van der Waals surface area contributed by atoms with Gasteiger partial charge in [-0.1, -0.05) is 30.1 Å². The van der Waals surface area contributed by atoms with E-state index in [1.807, 2.05) is 6.92 Å². The molecule has 0 amide bonds. The molecule has 0 saturated carbocycles. The molecule has 1 unspecified atom stereocenters. The molecule has 0 fully saturated rings. The minimum Gasteiger partial charge on any atom is -0.330 e. The van der Waals surface area contributed by atoms with Gasteiger partial charge in [0, 0.05) is 5.92 Å². The first-order valence-electron chi connectivity index (χ1n) is 3.39. The van der Waals surface area contributed by atoms with E-state index in [0.29, 0.717) is 6.54 Å². The van der Waals surface area contributed by atoms with Crippen molar-refractivity contribution in [2.45, 2.75) is 24.2 Å². The van der Waals surface area contributed by atoms with Gasteiger partial charge in [-0.15, -0.1) is 0 Å². The van der Waals surface area contributed by atoms with Crippen molar-refractivity contribution in [1.29, 1.82) is 0 Å². The van der Waals surface area contributed by atoms with Crippen LogP contribution in [0.25, 0.3) is 0 Å². The number of hydrogen-bond donors (Lipinski definition) is 2. The smallest absolute Gasteiger partial charge is 0.330 e. The topological polar surface area (TPSA) is 52.0 Å². The summed E-state index contributed by atoms with van der Waals surface area (Å²) in [6.07, 6.45) is 1.64. The van der Waals surface area contributed by atoms with Crippen molar-refractivity contribution in [1.82, 2.24) is 0 Å². The second-order valence-corrected chi connectivity index (χ2v) is 3.80. The van der Waals surface area contributed by atoms with Gasteiger partial charge < -0.3 is 5.73 Å².